The lowest BCUT2D eigenvalue weighted by molar-refractivity contribution is 0.424. The lowest BCUT2D eigenvalue weighted by Crippen LogP contribution is -2.33. The second-order valence-corrected chi connectivity index (χ2v) is 7.10. The summed E-state index contributed by atoms with van der Waals surface area (Å²) in [6.07, 6.45) is 0. The summed E-state index contributed by atoms with van der Waals surface area (Å²) in [7, 11) is -3.39. The predicted molar refractivity (Wildman–Crippen MR) is 86.6 cm³/mol. The number of halogens is 1. The first-order valence-corrected chi connectivity index (χ1v) is 8.88. The van der Waals surface area contributed by atoms with Gasteiger partial charge in [-0.1, -0.05) is 60.7 Å². The minimum Gasteiger partial charge on any atom is -0.212 e. The summed E-state index contributed by atoms with van der Waals surface area (Å²) in [5, 5.41) is 0. The quantitative estimate of drug-likeness (QED) is 0.733. The Bertz CT molecular complexity index is 644. The fourth-order valence-electron chi connectivity index (χ4n) is 2.07. The molecule has 0 radical (unpaired) electrons. The summed E-state index contributed by atoms with van der Waals surface area (Å²) in [5.74, 6) is 0.276. The first-order chi connectivity index (χ1) is 10.1. The summed E-state index contributed by atoms with van der Waals surface area (Å²) in [4.78, 5) is 0. The van der Waals surface area contributed by atoms with Crippen molar-refractivity contribution in [1.29, 1.82) is 0 Å². The molecule has 0 atom stereocenters. The fraction of sp³-hybridized carbons (Fsp3) is 0.250. The molecular weight excluding hydrogens is 306 g/mol. The highest BCUT2D eigenvalue weighted by molar-refractivity contribution is 7.88. The molecule has 0 aliphatic rings. The minimum atomic E-state index is -3.39. The Balaban J connectivity index is 2.16. The van der Waals surface area contributed by atoms with Gasteiger partial charge >= 0.3 is 0 Å². The highest BCUT2D eigenvalue weighted by Crippen LogP contribution is 2.14. The molecule has 0 unspecified atom stereocenters. The van der Waals surface area contributed by atoms with Crippen LogP contribution in [0.2, 0.25) is 0 Å². The lowest BCUT2D eigenvalue weighted by Gasteiger charge is -2.21. The summed E-state index contributed by atoms with van der Waals surface area (Å²) in [6.45, 7) is 0.661. The van der Waals surface area contributed by atoms with E-state index in [1.807, 2.05) is 60.7 Å². The minimum absolute atomic E-state index is 0.00242. The third-order valence-corrected chi connectivity index (χ3v) is 5.09. The summed E-state index contributed by atoms with van der Waals surface area (Å²) in [5.41, 5.74) is 1.74. The van der Waals surface area contributed by atoms with Gasteiger partial charge in [-0.2, -0.15) is 4.31 Å². The van der Waals surface area contributed by atoms with Crippen molar-refractivity contribution in [3.8, 4) is 0 Å². The van der Waals surface area contributed by atoms with Gasteiger partial charge in [-0.15, -0.1) is 11.6 Å². The molecule has 0 aromatic heterocycles. The van der Waals surface area contributed by atoms with Crippen LogP contribution in [0.1, 0.15) is 11.1 Å². The van der Waals surface area contributed by atoms with E-state index in [9.17, 15) is 8.42 Å². The molecule has 0 spiro atoms. The predicted octanol–water partition coefficient (Wildman–Crippen LogP) is 3.26. The van der Waals surface area contributed by atoms with E-state index in [0.717, 1.165) is 11.1 Å². The molecule has 0 saturated heterocycles. The first-order valence-electron chi connectivity index (χ1n) is 6.73. The highest BCUT2D eigenvalue weighted by atomic mass is 35.5. The second kappa shape index (κ2) is 7.59. The van der Waals surface area contributed by atoms with Crippen LogP contribution in [0.4, 0.5) is 0 Å². The van der Waals surface area contributed by atoms with Gasteiger partial charge in [0.25, 0.3) is 0 Å². The maximum absolute atomic E-state index is 12.6. The molecule has 2 rings (SSSR count). The molecular formula is C16H18ClNO2S. The monoisotopic (exact) mass is 323 g/mol. The van der Waals surface area contributed by atoms with Crippen molar-refractivity contribution >= 4 is 21.6 Å². The van der Waals surface area contributed by atoms with Gasteiger partial charge in [0.2, 0.25) is 10.0 Å². The van der Waals surface area contributed by atoms with Crippen molar-refractivity contribution in [3.05, 3.63) is 71.8 Å². The van der Waals surface area contributed by atoms with Gasteiger partial charge < -0.3 is 0 Å². The maximum atomic E-state index is 12.6. The van der Waals surface area contributed by atoms with Crippen LogP contribution in [0.3, 0.4) is 0 Å². The molecule has 3 nitrogen and oxygen atoms in total. The molecule has 0 aliphatic carbocycles. The Kier molecular flexibility index (Phi) is 5.79. The molecule has 0 N–H and O–H groups in total. The van der Waals surface area contributed by atoms with Crippen molar-refractivity contribution in [2.24, 2.45) is 0 Å². The smallest absolute Gasteiger partial charge is 0.212 e. The van der Waals surface area contributed by atoms with E-state index in [-0.39, 0.29) is 11.6 Å². The average Bonchev–Trinajstić information content (AvgIpc) is 2.48. The molecule has 2 aromatic rings. The van der Waals surface area contributed by atoms with Crippen LogP contribution in [-0.2, 0) is 22.3 Å². The van der Waals surface area contributed by atoms with Gasteiger partial charge in [0.1, 0.15) is 0 Å². The molecule has 21 heavy (non-hydrogen) atoms. The Labute approximate surface area is 131 Å². The molecule has 2 aromatic carbocycles. The number of benzene rings is 2. The molecule has 0 saturated carbocycles. The van der Waals surface area contributed by atoms with E-state index in [4.69, 9.17) is 11.6 Å². The van der Waals surface area contributed by atoms with Crippen molar-refractivity contribution in [1.82, 2.24) is 4.31 Å². The number of alkyl halides is 1. The first kappa shape index (κ1) is 16.0. The Morgan fingerprint density at radius 2 is 1.38 bits per heavy atom. The standard InChI is InChI=1S/C16H18ClNO2S/c17-11-12-18(13-15-7-3-1-4-8-15)21(19,20)14-16-9-5-2-6-10-16/h1-10H,11-14H2. The SMILES string of the molecule is O=S(=O)(Cc1ccccc1)N(CCCl)Cc1ccccc1. The zero-order valence-electron chi connectivity index (χ0n) is 11.7. The van der Waals surface area contributed by atoms with Crippen molar-refractivity contribution in [2.45, 2.75) is 12.3 Å². The van der Waals surface area contributed by atoms with Crippen LogP contribution in [0.5, 0.6) is 0 Å². The van der Waals surface area contributed by atoms with Crippen molar-refractivity contribution in [3.63, 3.8) is 0 Å². The van der Waals surface area contributed by atoms with Gasteiger partial charge in [0.05, 0.1) is 5.75 Å². The van der Waals surface area contributed by atoms with E-state index < -0.39 is 10.0 Å². The van der Waals surface area contributed by atoms with E-state index in [1.165, 1.54) is 4.31 Å². The van der Waals surface area contributed by atoms with Crippen LogP contribution >= 0.6 is 11.6 Å². The van der Waals surface area contributed by atoms with Gasteiger partial charge in [0, 0.05) is 19.0 Å². The van der Waals surface area contributed by atoms with Crippen LogP contribution < -0.4 is 0 Å². The number of hydrogen-bond donors (Lipinski definition) is 0. The average molecular weight is 324 g/mol. The van der Waals surface area contributed by atoms with Crippen molar-refractivity contribution in [2.75, 3.05) is 12.4 Å². The zero-order valence-corrected chi connectivity index (χ0v) is 13.2. The van der Waals surface area contributed by atoms with Gasteiger partial charge in [-0.25, -0.2) is 8.42 Å². The number of hydrogen-bond acceptors (Lipinski definition) is 2. The normalized spacial score (nSPS) is 11.7. The van der Waals surface area contributed by atoms with Crippen LogP contribution in [-0.4, -0.2) is 25.1 Å². The van der Waals surface area contributed by atoms with Crippen LogP contribution in [0.25, 0.3) is 0 Å². The Morgan fingerprint density at radius 1 is 0.857 bits per heavy atom. The van der Waals surface area contributed by atoms with E-state index in [0.29, 0.717) is 13.1 Å². The molecule has 5 heteroatoms. The highest BCUT2D eigenvalue weighted by Gasteiger charge is 2.22. The van der Waals surface area contributed by atoms with E-state index >= 15 is 0 Å². The van der Waals surface area contributed by atoms with E-state index in [2.05, 4.69) is 0 Å². The Morgan fingerprint density at radius 3 is 1.90 bits per heavy atom. The summed E-state index contributed by atoms with van der Waals surface area (Å²) >= 11 is 5.77. The third-order valence-electron chi connectivity index (χ3n) is 3.12. The fourth-order valence-corrected chi connectivity index (χ4v) is 3.89. The third kappa shape index (κ3) is 4.84. The molecule has 0 heterocycles. The van der Waals surface area contributed by atoms with Gasteiger partial charge in [0.15, 0.2) is 0 Å². The summed E-state index contributed by atoms with van der Waals surface area (Å²) < 4.78 is 26.6. The molecule has 0 fully saturated rings. The largest absolute Gasteiger partial charge is 0.218 e. The van der Waals surface area contributed by atoms with Gasteiger partial charge in [-0.3, -0.25) is 0 Å². The maximum Gasteiger partial charge on any atom is 0.218 e. The van der Waals surface area contributed by atoms with Crippen LogP contribution in [0, 0.1) is 0 Å². The molecule has 0 bridgehead atoms. The Hall–Kier alpha value is -1.36. The summed E-state index contributed by atoms with van der Waals surface area (Å²) in [6, 6.07) is 18.7. The second-order valence-electron chi connectivity index (χ2n) is 4.75. The zero-order chi connectivity index (χ0) is 15.1. The number of rotatable bonds is 7. The number of sulfonamides is 1. The molecule has 0 aliphatic heterocycles. The van der Waals surface area contributed by atoms with Gasteiger partial charge in [-0.05, 0) is 11.1 Å². The topological polar surface area (TPSA) is 37.4 Å². The van der Waals surface area contributed by atoms with Crippen LogP contribution in [0.15, 0.2) is 60.7 Å². The van der Waals surface area contributed by atoms with E-state index in [1.54, 1.807) is 0 Å². The number of nitrogens with zero attached hydrogens (tertiary/aromatic N) is 1. The lowest BCUT2D eigenvalue weighted by atomic mass is 10.2. The molecule has 112 valence electrons. The van der Waals surface area contributed by atoms with Crippen molar-refractivity contribution < 1.29 is 8.42 Å². The molecule has 0 amide bonds.